The summed E-state index contributed by atoms with van der Waals surface area (Å²) in [5, 5.41) is 2.37. The van der Waals surface area contributed by atoms with Gasteiger partial charge in [0.25, 0.3) is 0 Å². The van der Waals surface area contributed by atoms with Crippen molar-refractivity contribution >= 4 is 10.8 Å². The third kappa shape index (κ3) is 1.55. The fraction of sp³-hybridized carbons (Fsp3) is 0.0769. The second kappa shape index (κ2) is 3.85. The van der Waals surface area contributed by atoms with Crippen LogP contribution >= 0.6 is 0 Å². The number of methoxy groups -OCH3 is 1. The minimum atomic E-state index is 1.00. The van der Waals surface area contributed by atoms with Crippen LogP contribution < -0.4 is 0 Å². The highest BCUT2D eigenvalue weighted by molar-refractivity contribution is 5.87. The van der Waals surface area contributed by atoms with Gasteiger partial charge in [0.05, 0.1) is 7.11 Å². The van der Waals surface area contributed by atoms with Crippen LogP contribution in [0.25, 0.3) is 10.8 Å². The van der Waals surface area contributed by atoms with Crippen molar-refractivity contribution in [2.45, 2.75) is 0 Å². The third-order valence-electron chi connectivity index (χ3n) is 2.08. The summed E-state index contributed by atoms with van der Waals surface area (Å²) >= 11 is 0. The van der Waals surface area contributed by atoms with Gasteiger partial charge in [0.1, 0.15) is 6.11 Å². The average Bonchev–Trinajstić information content (AvgIpc) is 2.26. The SMILES string of the molecule is COC#Cc1cccc2ccccc12. The quantitative estimate of drug-likeness (QED) is 0.569. The molecule has 0 heterocycles. The Kier molecular flexibility index (Phi) is 2.38. The van der Waals surface area contributed by atoms with Gasteiger partial charge in [-0.25, -0.2) is 0 Å². The maximum absolute atomic E-state index is 4.73. The van der Waals surface area contributed by atoms with Crippen LogP contribution in [0.2, 0.25) is 0 Å². The largest absolute Gasteiger partial charge is 0.450 e. The number of hydrogen-bond acceptors (Lipinski definition) is 1. The van der Waals surface area contributed by atoms with E-state index < -0.39 is 0 Å². The van der Waals surface area contributed by atoms with Crippen molar-refractivity contribution < 1.29 is 4.74 Å². The number of fused-ring (bicyclic) bond motifs is 1. The molecular formula is C13H10O. The number of benzene rings is 2. The van der Waals surface area contributed by atoms with Crippen LogP contribution in [0, 0.1) is 12.0 Å². The highest BCUT2D eigenvalue weighted by Crippen LogP contribution is 2.17. The highest BCUT2D eigenvalue weighted by Gasteiger charge is 1.95. The van der Waals surface area contributed by atoms with Crippen LogP contribution in [-0.4, -0.2) is 7.11 Å². The van der Waals surface area contributed by atoms with Gasteiger partial charge in [-0.3, -0.25) is 0 Å². The van der Waals surface area contributed by atoms with Crippen molar-refractivity contribution in [3.05, 3.63) is 48.0 Å². The topological polar surface area (TPSA) is 9.23 Å². The molecule has 1 nitrogen and oxygen atoms in total. The first-order chi connectivity index (χ1) is 6.92. The molecule has 0 atom stereocenters. The van der Waals surface area contributed by atoms with E-state index in [4.69, 9.17) is 4.74 Å². The van der Waals surface area contributed by atoms with E-state index in [1.54, 1.807) is 7.11 Å². The molecule has 0 aliphatic heterocycles. The molecule has 0 aromatic heterocycles. The molecule has 14 heavy (non-hydrogen) atoms. The van der Waals surface area contributed by atoms with E-state index in [2.05, 4.69) is 30.2 Å². The van der Waals surface area contributed by atoms with Crippen LogP contribution in [0.1, 0.15) is 5.56 Å². The fourth-order valence-corrected chi connectivity index (χ4v) is 1.44. The second-order valence-electron chi connectivity index (χ2n) is 2.96. The van der Waals surface area contributed by atoms with E-state index >= 15 is 0 Å². The van der Waals surface area contributed by atoms with Crippen LogP contribution in [0.4, 0.5) is 0 Å². The Balaban J connectivity index is 2.65. The summed E-state index contributed by atoms with van der Waals surface area (Å²) in [5.41, 5.74) is 1.00. The summed E-state index contributed by atoms with van der Waals surface area (Å²) < 4.78 is 4.73. The summed E-state index contributed by atoms with van der Waals surface area (Å²) in [6.07, 6.45) is 2.61. The molecule has 0 unspecified atom stereocenters. The van der Waals surface area contributed by atoms with Gasteiger partial charge < -0.3 is 4.74 Å². The number of rotatable bonds is 0. The fourth-order valence-electron chi connectivity index (χ4n) is 1.44. The summed E-state index contributed by atoms with van der Waals surface area (Å²) in [6, 6.07) is 14.3. The molecule has 2 aromatic carbocycles. The Morgan fingerprint density at radius 3 is 2.64 bits per heavy atom. The molecule has 68 valence electrons. The summed E-state index contributed by atoms with van der Waals surface area (Å²) in [5.74, 6) is 2.97. The van der Waals surface area contributed by atoms with Crippen molar-refractivity contribution in [2.24, 2.45) is 0 Å². The van der Waals surface area contributed by atoms with Crippen LogP contribution in [0.3, 0.4) is 0 Å². The molecule has 0 radical (unpaired) electrons. The molecule has 0 saturated carbocycles. The van der Waals surface area contributed by atoms with Gasteiger partial charge in [0.2, 0.25) is 0 Å². The lowest BCUT2D eigenvalue weighted by molar-refractivity contribution is 0.372. The molecular weight excluding hydrogens is 172 g/mol. The second-order valence-corrected chi connectivity index (χ2v) is 2.96. The van der Waals surface area contributed by atoms with Gasteiger partial charge in [-0.15, -0.1) is 0 Å². The van der Waals surface area contributed by atoms with E-state index in [0.29, 0.717) is 0 Å². The smallest absolute Gasteiger partial charge is 0.115 e. The molecule has 0 fully saturated rings. The van der Waals surface area contributed by atoms with Gasteiger partial charge >= 0.3 is 0 Å². The van der Waals surface area contributed by atoms with Gasteiger partial charge in [0.15, 0.2) is 0 Å². The van der Waals surface area contributed by atoms with Gasteiger partial charge in [-0.1, -0.05) is 36.4 Å². The van der Waals surface area contributed by atoms with E-state index in [1.165, 1.54) is 10.8 Å². The molecule has 2 aromatic rings. The van der Waals surface area contributed by atoms with Crippen molar-refractivity contribution in [3.63, 3.8) is 0 Å². The van der Waals surface area contributed by atoms with E-state index in [1.807, 2.05) is 24.3 Å². The Morgan fingerprint density at radius 1 is 1.00 bits per heavy atom. The molecule has 0 N–H and O–H groups in total. The molecule has 1 heteroatoms. The van der Waals surface area contributed by atoms with Gasteiger partial charge in [-0.2, -0.15) is 0 Å². The molecule has 0 aliphatic carbocycles. The molecule has 0 aliphatic rings. The first-order valence-electron chi connectivity index (χ1n) is 4.43. The van der Waals surface area contributed by atoms with E-state index in [9.17, 15) is 0 Å². The maximum atomic E-state index is 4.73. The van der Waals surface area contributed by atoms with Crippen molar-refractivity contribution in [1.82, 2.24) is 0 Å². The van der Waals surface area contributed by atoms with E-state index in [0.717, 1.165) is 5.56 Å². The van der Waals surface area contributed by atoms with Crippen LogP contribution in [-0.2, 0) is 4.74 Å². The third-order valence-corrected chi connectivity index (χ3v) is 2.08. The Morgan fingerprint density at radius 2 is 1.79 bits per heavy atom. The predicted octanol–water partition coefficient (Wildman–Crippen LogP) is 2.80. The van der Waals surface area contributed by atoms with Gasteiger partial charge in [-0.05, 0) is 22.8 Å². The van der Waals surface area contributed by atoms with Crippen molar-refractivity contribution in [1.29, 1.82) is 0 Å². The predicted molar refractivity (Wildman–Crippen MR) is 57.8 cm³/mol. The zero-order valence-electron chi connectivity index (χ0n) is 7.95. The summed E-state index contributed by atoms with van der Waals surface area (Å²) in [4.78, 5) is 0. The Bertz CT molecular complexity index is 498. The summed E-state index contributed by atoms with van der Waals surface area (Å²) in [6.45, 7) is 0. The Hall–Kier alpha value is -1.94. The van der Waals surface area contributed by atoms with E-state index in [-0.39, 0.29) is 0 Å². The lowest BCUT2D eigenvalue weighted by Gasteiger charge is -1.98. The molecule has 0 saturated heterocycles. The first-order valence-corrected chi connectivity index (χ1v) is 4.43. The van der Waals surface area contributed by atoms with Crippen LogP contribution in [0.5, 0.6) is 0 Å². The van der Waals surface area contributed by atoms with Gasteiger partial charge in [0, 0.05) is 5.56 Å². The lowest BCUT2D eigenvalue weighted by atomic mass is 10.1. The zero-order valence-corrected chi connectivity index (χ0v) is 7.95. The maximum Gasteiger partial charge on any atom is 0.115 e. The molecule has 0 bridgehead atoms. The highest BCUT2D eigenvalue weighted by atomic mass is 16.5. The number of ether oxygens (including phenoxy) is 1. The van der Waals surface area contributed by atoms with Crippen molar-refractivity contribution in [2.75, 3.05) is 7.11 Å². The van der Waals surface area contributed by atoms with Crippen molar-refractivity contribution in [3.8, 4) is 12.0 Å². The Labute approximate surface area is 83.3 Å². The molecule has 2 rings (SSSR count). The molecule has 0 amide bonds. The lowest BCUT2D eigenvalue weighted by Crippen LogP contribution is -1.79. The minimum Gasteiger partial charge on any atom is -0.450 e. The van der Waals surface area contributed by atoms with Crippen LogP contribution in [0.15, 0.2) is 42.5 Å². The number of hydrogen-bond donors (Lipinski definition) is 0. The minimum absolute atomic E-state index is 1.00. The first kappa shape index (κ1) is 8.65. The summed E-state index contributed by atoms with van der Waals surface area (Å²) in [7, 11) is 1.57. The molecule has 0 spiro atoms. The standard InChI is InChI=1S/C13H10O/c1-14-10-9-12-7-4-6-11-5-2-3-8-13(11)12/h2-8H,1H3. The zero-order chi connectivity index (χ0) is 9.80. The average molecular weight is 182 g/mol. The monoisotopic (exact) mass is 182 g/mol. The normalized spacial score (nSPS) is 9.21.